The lowest BCUT2D eigenvalue weighted by Crippen LogP contribution is -2.52. The molecule has 5 aromatic rings. The summed E-state index contributed by atoms with van der Waals surface area (Å²) in [6.07, 6.45) is 0. The Kier molecular flexibility index (Phi) is 5.85. The van der Waals surface area contributed by atoms with Crippen LogP contribution in [0.4, 0.5) is 10.1 Å². The second-order valence-electron chi connectivity index (χ2n) is 10.8. The quantitative estimate of drug-likeness (QED) is 0.239. The van der Waals surface area contributed by atoms with Crippen molar-refractivity contribution in [1.29, 1.82) is 0 Å². The number of fused-ring (bicyclic) bond motifs is 5. The summed E-state index contributed by atoms with van der Waals surface area (Å²) < 4.78 is 20.0. The van der Waals surface area contributed by atoms with E-state index in [9.17, 15) is 18.8 Å². The number of para-hydroxylation sites is 1. The monoisotopic (exact) mass is 578 g/mol. The fourth-order valence-corrected chi connectivity index (χ4v) is 6.29. The van der Waals surface area contributed by atoms with E-state index in [1.165, 1.54) is 17.0 Å². The number of nitrogens with zero attached hydrogens (tertiary/aromatic N) is 2. The largest absolute Gasteiger partial charge is 0.450 e. The number of anilines is 1. The number of carbonyl (C=O) groups excluding carboxylic acids is 2. The molecule has 0 N–H and O–H groups in total. The zero-order chi connectivity index (χ0) is 29.3. The Morgan fingerprint density at radius 3 is 2.21 bits per heavy atom. The van der Waals surface area contributed by atoms with Crippen LogP contribution in [0.3, 0.4) is 0 Å². The second kappa shape index (κ2) is 9.39. The number of hydrogen-bond acceptors (Lipinski definition) is 4. The van der Waals surface area contributed by atoms with Crippen molar-refractivity contribution in [1.82, 2.24) is 4.90 Å². The second-order valence-corrected chi connectivity index (χ2v) is 11.3. The third kappa shape index (κ3) is 3.66. The van der Waals surface area contributed by atoms with Gasteiger partial charge < -0.3 is 14.2 Å². The van der Waals surface area contributed by atoms with Crippen molar-refractivity contribution in [3.8, 4) is 0 Å². The Hall–Kier alpha value is -4.75. The average Bonchev–Trinajstić information content (AvgIpc) is 3.37. The number of carbonyl (C=O) groups is 2. The van der Waals surface area contributed by atoms with Crippen molar-refractivity contribution in [3.05, 3.63) is 145 Å². The molecule has 2 aliphatic heterocycles. The maximum atomic E-state index is 14.9. The first kappa shape index (κ1) is 26.2. The molecule has 3 heterocycles. The first-order valence-corrected chi connectivity index (χ1v) is 13.9. The van der Waals surface area contributed by atoms with Crippen LogP contribution in [0, 0.1) is 19.7 Å². The van der Waals surface area contributed by atoms with Crippen LogP contribution in [0.2, 0.25) is 5.02 Å². The maximum Gasteiger partial charge on any atom is 0.291 e. The molecular weight excluding hydrogens is 555 g/mol. The van der Waals surface area contributed by atoms with Gasteiger partial charge in [0.05, 0.1) is 23.2 Å². The van der Waals surface area contributed by atoms with Gasteiger partial charge in [0.15, 0.2) is 11.0 Å². The van der Waals surface area contributed by atoms with Gasteiger partial charge in [-0.25, -0.2) is 4.39 Å². The summed E-state index contributed by atoms with van der Waals surface area (Å²) in [5, 5.41) is 0.869. The van der Waals surface area contributed by atoms with E-state index in [1.54, 1.807) is 53.4 Å². The van der Waals surface area contributed by atoms with Gasteiger partial charge in [-0.1, -0.05) is 54.1 Å². The summed E-state index contributed by atoms with van der Waals surface area (Å²) in [6.45, 7) is 3.94. The predicted molar refractivity (Wildman–Crippen MR) is 158 cm³/mol. The van der Waals surface area contributed by atoms with E-state index >= 15 is 0 Å². The molecule has 7 rings (SSSR count). The average molecular weight is 579 g/mol. The highest BCUT2D eigenvalue weighted by atomic mass is 35.5. The summed E-state index contributed by atoms with van der Waals surface area (Å²) in [6, 6.07) is 23.6. The normalized spacial score (nSPS) is 17.4. The van der Waals surface area contributed by atoms with Gasteiger partial charge in [-0.15, -0.1) is 0 Å². The van der Waals surface area contributed by atoms with Crippen LogP contribution in [0.15, 0.2) is 94.1 Å². The molecule has 0 bridgehead atoms. The predicted octanol–water partition coefficient (Wildman–Crippen LogP) is 6.65. The van der Waals surface area contributed by atoms with Crippen molar-refractivity contribution in [2.45, 2.75) is 32.5 Å². The third-order valence-corrected chi connectivity index (χ3v) is 8.61. The van der Waals surface area contributed by atoms with Crippen LogP contribution < -0.4 is 10.3 Å². The fraction of sp³-hybridized carbons (Fsp3) is 0.147. The van der Waals surface area contributed by atoms with Crippen LogP contribution in [0.5, 0.6) is 0 Å². The molecule has 2 amide bonds. The number of halogens is 2. The molecule has 1 aromatic heterocycles. The smallest absolute Gasteiger partial charge is 0.291 e. The van der Waals surface area contributed by atoms with Gasteiger partial charge >= 0.3 is 0 Å². The number of rotatable bonds is 4. The molecule has 2 aliphatic rings. The van der Waals surface area contributed by atoms with E-state index in [-0.39, 0.29) is 30.0 Å². The van der Waals surface area contributed by atoms with E-state index < -0.39 is 28.6 Å². The van der Waals surface area contributed by atoms with Gasteiger partial charge in [0.25, 0.3) is 11.8 Å². The summed E-state index contributed by atoms with van der Waals surface area (Å²) in [5.41, 5.74) is 2.39. The molecule has 1 unspecified atom stereocenters. The fourth-order valence-electron chi connectivity index (χ4n) is 6.17. The Labute approximate surface area is 245 Å². The summed E-state index contributed by atoms with van der Waals surface area (Å²) in [5.74, 6) is -1.60. The van der Waals surface area contributed by atoms with Gasteiger partial charge in [-0.2, -0.15) is 0 Å². The molecule has 8 heteroatoms. The Balaban J connectivity index is 1.51. The topological polar surface area (TPSA) is 70.8 Å². The van der Waals surface area contributed by atoms with Crippen LogP contribution >= 0.6 is 11.6 Å². The lowest BCUT2D eigenvalue weighted by atomic mass is 9.83. The highest BCUT2D eigenvalue weighted by molar-refractivity contribution is 6.30. The highest BCUT2D eigenvalue weighted by Crippen LogP contribution is 2.53. The van der Waals surface area contributed by atoms with Crippen molar-refractivity contribution in [3.63, 3.8) is 0 Å². The van der Waals surface area contributed by atoms with Gasteiger partial charge in [-0.3, -0.25) is 14.4 Å². The molecule has 0 fully saturated rings. The number of benzene rings is 4. The maximum absolute atomic E-state index is 14.9. The summed E-state index contributed by atoms with van der Waals surface area (Å²) >= 11 is 6.11. The molecule has 0 aliphatic carbocycles. The minimum atomic E-state index is -1.78. The van der Waals surface area contributed by atoms with Gasteiger partial charge in [0.1, 0.15) is 11.4 Å². The zero-order valence-corrected chi connectivity index (χ0v) is 23.5. The lowest BCUT2D eigenvalue weighted by molar-refractivity contribution is -0.126. The Morgan fingerprint density at radius 2 is 1.48 bits per heavy atom. The van der Waals surface area contributed by atoms with Crippen LogP contribution in [-0.2, 0) is 23.4 Å². The Bertz CT molecular complexity index is 2000. The zero-order valence-electron chi connectivity index (χ0n) is 22.8. The highest BCUT2D eigenvalue weighted by Gasteiger charge is 2.65. The molecule has 0 radical (unpaired) electrons. The van der Waals surface area contributed by atoms with E-state index in [4.69, 9.17) is 16.0 Å². The van der Waals surface area contributed by atoms with E-state index in [0.717, 1.165) is 16.7 Å². The number of hydrogen-bond donors (Lipinski definition) is 0. The molecule has 0 saturated carbocycles. The van der Waals surface area contributed by atoms with E-state index in [0.29, 0.717) is 27.2 Å². The molecule has 0 saturated heterocycles. The standard InChI is InChI=1S/C34H24ClFN2O4/c1-19-15-25-28(16-20(19)2)42-31-29(30(25)39)34(38(32(31)40)18-22-9-13-24(36)14-10-22)26-5-3-4-6-27(26)37(33(34)41)17-21-7-11-23(35)12-8-21/h3-16H,17-18H2,1-2H3. The van der Waals surface area contributed by atoms with E-state index in [1.807, 2.05) is 38.1 Å². The molecule has 4 aromatic carbocycles. The first-order valence-electron chi connectivity index (χ1n) is 13.5. The Morgan fingerprint density at radius 1 is 0.833 bits per heavy atom. The molecule has 42 heavy (non-hydrogen) atoms. The molecular formula is C34H24ClFN2O4. The van der Waals surface area contributed by atoms with Crippen molar-refractivity contribution >= 4 is 40.1 Å². The van der Waals surface area contributed by atoms with Crippen LogP contribution in [0.1, 0.15) is 43.9 Å². The van der Waals surface area contributed by atoms with Crippen LogP contribution in [-0.4, -0.2) is 16.7 Å². The number of aryl methyl sites for hydroxylation is 2. The first-order chi connectivity index (χ1) is 20.2. The summed E-state index contributed by atoms with van der Waals surface area (Å²) in [7, 11) is 0. The third-order valence-electron chi connectivity index (χ3n) is 8.36. The molecule has 6 nitrogen and oxygen atoms in total. The molecule has 1 spiro atoms. The molecule has 208 valence electrons. The summed E-state index contributed by atoms with van der Waals surface area (Å²) in [4.78, 5) is 46.6. The van der Waals surface area contributed by atoms with Crippen molar-refractivity contribution in [2.24, 2.45) is 0 Å². The van der Waals surface area contributed by atoms with Crippen molar-refractivity contribution in [2.75, 3.05) is 4.90 Å². The minimum absolute atomic E-state index is 0.00132. The van der Waals surface area contributed by atoms with Crippen molar-refractivity contribution < 1.29 is 18.4 Å². The van der Waals surface area contributed by atoms with Gasteiger partial charge in [-0.05, 0) is 78.6 Å². The van der Waals surface area contributed by atoms with Gasteiger partial charge in [0, 0.05) is 17.1 Å². The minimum Gasteiger partial charge on any atom is -0.450 e. The number of amides is 2. The van der Waals surface area contributed by atoms with Crippen LogP contribution in [0.25, 0.3) is 11.0 Å². The SMILES string of the molecule is Cc1cc2oc3c(c(=O)c2cc1C)C1(C(=O)N(Cc2ccc(Cl)cc2)c2ccccc21)N(Cc1ccc(F)cc1)C3=O. The molecule has 1 atom stereocenters. The van der Waals surface area contributed by atoms with E-state index in [2.05, 4.69) is 0 Å². The lowest BCUT2D eigenvalue weighted by Gasteiger charge is -2.34. The van der Waals surface area contributed by atoms with Gasteiger partial charge in [0.2, 0.25) is 5.76 Å².